The lowest BCUT2D eigenvalue weighted by Crippen LogP contribution is -2.72. The van der Waals surface area contributed by atoms with Crippen molar-refractivity contribution in [2.75, 3.05) is 19.8 Å². The molecule has 280 valence electrons. The molecule has 0 aliphatic heterocycles. The summed E-state index contributed by atoms with van der Waals surface area (Å²) < 4.78 is 25.7. The van der Waals surface area contributed by atoms with Crippen LogP contribution in [0.1, 0.15) is 76.4 Å². The van der Waals surface area contributed by atoms with Gasteiger partial charge < -0.3 is 29.3 Å². The highest BCUT2D eigenvalue weighted by Crippen LogP contribution is 2.60. The van der Waals surface area contributed by atoms with Crippen LogP contribution in [-0.2, 0) is 24.1 Å². The first-order valence-electron chi connectivity index (χ1n) is 18.0. The molecule has 6 atom stereocenters. The van der Waals surface area contributed by atoms with Gasteiger partial charge in [-0.05, 0) is 67.3 Å². The molecule has 0 saturated heterocycles. The van der Waals surface area contributed by atoms with E-state index < -0.39 is 55.4 Å². The third-order valence-electron chi connectivity index (χ3n) is 11.8. The lowest BCUT2D eigenvalue weighted by atomic mass is 9.53. The molecule has 0 bridgehead atoms. The van der Waals surface area contributed by atoms with Gasteiger partial charge in [0.05, 0.1) is 17.5 Å². The van der Waals surface area contributed by atoms with Gasteiger partial charge in [-0.1, -0.05) is 93.0 Å². The van der Waals surface area contributed by atoms with Gasteiger partial charge in [-0.25, -0.2) is 4.98 Å². The molecule has 11 nitrogen and oxygen atoms in total. The second-order valence-corrected chi connectivity index (χ2v) is 21.4. The summed E-state index contributed by atoms with van der Waals surface area (Å²) >= 11 is 6.74. The normalized spacial score (nSPS) is 25.4. The first-order chi connectivity index (χ1) is 25.1. The Bertz CT molecular complexity index is 2030. The van der Waals surface area contributed by atoms with Crippen molar-refractivity contribution in [1.82, 2.24) is 15.0 Å². The van der Waals surface area contributed by atoms with Crippen molar-refractivity contribution >= 4 is 37.3 Å². The molecule has 0 amide bonds. The van der Waals surface area contributed by atoms with E-state index in [1.807, 2.05) is 92.8 Å². The predicted molar refractivity (Wildman–Crippen MR) is 203 cm³/mol. The number of hydrogen-bond acceptors (Lipinski definition) is 11. The number of aliphatic hydroxyl groups excluding tert-OH is 1. The van der Waals surface area contributed by atoms with Crippen molar-refractivity contribution in [2.24, 2.45) is 17.8 Å². The Morgan fingerprint density at radius 3 is 2.19 bits per heavy atom. The lowest BCUT2D eigenvalue weighted by molar-refractivity contribution is -0.151. The number of nitrogens with two attached hydrogens (primary N) is 1. The Kier molecular flexibility index (Phi) is 9.59. The monoisotopic (exact) mass is 758 g/mol. The van der Waals surface area contributed by atoms with Crippen molar-refractivity contribution in [1.29, 1.82) is 0 Å². The number of Topliss-reactive ketones (excluding diaryl/α,β-unsaturated/α-hetero) is 2. The van der Waals surface area contributed by atoms with Crippen molar-refractivity contribution in [3.63, 3.8) is 0 Å². The summed E-state index contributed by atoms with van der Waals surface area (Å²) in [5.74, 6) is -2.53. The first kappa shape index (κ1) is 37.3. The second-order valence-electron chi connectivity index (χ2n) is 16.3. The molecule has 2 heterocycles. The zero-order chi connectivity index (χ0) is 38.0. The smallest absolute Gasteiger partial charge is 0.265 e. The summed E-state index contributed by atoms with van der Waals surface area (Å²) in [5, 5.41) is 17.0. The SMILES string of the molecule is CN(C)[C@@H]1c2onc(OCc3ccccc3)c2C(=O)[C@@]2(O[Si](C)(C)C(C)(C)C)C(O)C3C(=O)c4c(c(Cl)nc(N)c4OCc4ccccc4)C[C@H]3C[C@@H]12. The number of nitrogens with zero attached hydrogens (tertiary/aromatic N) is 3. The number of carbonyl (C=O) groups excluding carboxylic acids is 2. The lowest BCUT2D eigenvalue weighted by Gasteiger charge is -2.59. The summed E-state index contributed by atoms with van der Waals surface area (Å²) in [4.78, 5) is 36.8. The fourth-order valence-electron chi connectivity index (χ4n) is 8.22. The highest BCUT2D eigenvalue weighted by atomic mass is 35.5. The van der Waals surface area contributed by atoms with Crippen molar-refractivity contribution in [3.8, 4) is 11.6 Å². The average Bonchev–Trinajstić information content (AvgIpc) is 3.52. The van der Waals surface area contributed by atoms with E-state index in [2.05, 4.69) is 30.9 Å². The van der Waals surface area contributed by atoms with Crippen molar-refractivity contribution < 1.29 is 33.1 Å². The predicted octanol–water partition coefficient (Wildman–Crippen LogP) is 7.08. The van der Waals surface area contributed by atoms with E-state index in [0.29, 0.717) is 24.2 Å². The van der Waals surface area contributed by atoms with Crippen LogP contribution in [0.5, 0.6) is 11.6 Å². The van der Waals surface area contributed by atoms with E-state index in [4.69, 9.17) is 35.8 Å². The maximum absolute atomic E-state index is 15.5. The molecule has 1 fully saturated rings. The van der Waals surface area contributed by atoms with Gasteiger partial charge in [-0.3, -0.25) is 14.5 Å². The Hall–Kier alpha value is -4.07. The maximum atomic E-state index is 15.5. The quantitative estimate of drug-likeness (QED) is 0.133. The average molecular weight is 759 g/mol. The molecule has 4 aromatic rings. The topological polar surface area (TPSA) is 150 Å². The molecule has 7 rings (SSSR count). The maximum Gasteiger partial charge on any atom is 0.265 e. The zero-order valence-electron chi connectivity index (χ0n) is 31.2. The largest absolute Gasteiger partial charge is 0.484 e. The number of fused-ring (bicyclic) bond motifs is 4. The van der Waals surface area contributed by atoms with Gasteiger partial charge in [0.1, 0.15) is 30.0 Å². The summed E-state index contributed by atoms with van der Waals surface area (Å²) in [6, 6.07) is 18.5. The van der Waals surface area contributed by atoms with E-state index in [1.165, 1.54) is 0 Å². The highest BCUT2D eigenvalue weighted by Gasteiger charge is 2.70. The number of ether oxygens (including phenoxy) is 2. The van der Waals surface area contributed by atoms with E-state index in [0.717, 1.165) is 11.1 Å². The van der Waals surface area contributed by atoms with Gasteiger partial charge >= 0.3 is 0 Å². The second kappa shape index (κ2) is 13.7. The van der Waals surface area contributed by atoms with Gasteiger partial charge in [-0.15, -0.1) is 0 Å². The molecule has 3 aliphatic rings. The molecule has 0 spiro atoms. The van der Waals surface area contributed by atoms with Crippen LogP contribution in [0.15, 0.2) is 65.2 Å². The van der Waals surface area contributed by atoms with Gasteiger partial charge in [0, 0.05) is 11.5 Å². The standard InChI is InChI=1S/C40H47ClN4O7Si/c1-39(2,3)53(6,7)52-40-26(30(45(4)5)32-29(35(40)48)38(44-51-32)50-21-23-16-12-9-13-17-23)19-24-18-25-28(31(46)27(24)34(40)47)33(37(42)43-36(25)41)49-20-22-14-10-8-11-15-22/h8-17,24,26-27,30,34,47H,18-21H2,1-7H3,(H2,42,43)/t24-,26-,27?,30-,34?,40-/m0/s1. The molecule has 3 aliphatic carbocycles. The highest BCUT2D eigenvalue weighted by molar-refractivity contribution is 6.74. The minimum absolute atomic E-state index is 0.0224. The minimum atomic E-state index is -2.85. The molecule has 2 aromatic heterocycles. The number of hydrogen-bond donors (Lipinski definition) is 2. The van der Waals surface area contributed by atoms with E-state index in [1.54, 1.807) is 0 Å². The van der Waals surface area contributed by atoms with Crippen LogP contribution in [0.3, 0.4) is 0 Å². The number of nitrogen functional groups attached to an aromatic ring is 1. The number of halogens is 1. The number of anilines is 1. The molecule has 53 heavy (non-hydrogen) atoms. The molecule has 3 N–H and O–H groups in total. The molecule has 2 unspecified atom stereocenters. The number of rotatable bonds is 9. The third kappa shape index (κ3) is 6.18. The summed E-state index contributed by atoms with van der Waals surface area (Å²) in [7, 11) is 0.939. The number of ketones is 2. The van der Waals surface area contributed by atoms with Crippen molar-refractivity contribution in [2.45, 2.75) is 82.7 Å². The summed E-state index contributed by atoms with van der Waals surface area (Å²) in [6.45, 7) is 10.6. The van der Waals surface area contributed by atoms with E-state index in [-0.39, 0.29) is 52.0 Å². The van der Waals surface area contributed by atoms with Crippen molar-refractivity contribution in [3.05, 3.63) is 99.4 Å². The fraction of sp³-hybridized carbons (Fsp3) is 0.450. The summed E-state index contributed by atoms with van der Waals surface area (Å²) in [6.07, 6.45) is -0.903. The van der Waals surface area contributed by atoms with Crippen LogP contribution in [0.25, 0.3) is 0 Å². The van der Waals surface area contributed by atoms with Crippen LogP contribution < -0.4 is 15.2 Å². The Labute approximate surface area is 315 Å². The van der Waals surface area contributed by atoms with E-state index >= 15 is 9.59 Å². The number of aliphatic hydroxyl groups is 1. The number of carbonyl (C=O) groups is 2. The molecule has 1 saturated carbocycles. The van der Waals surface area contributed by atoms with Gasteiger partial charge in [0.15, 0.2) is 37.0 Å². The number of benzene rings is 2. The molecule has 13 heteroatoms. The minimum Gasteiger partial charge on any atom is -0.484 e. The van der Waals surface area contributed by atoms with Gasteiger partial charge in [0.2, 0.25) is 5.78 Å². The van der Waals surface area contributed by atoms with Gasteiger partial charge in [-0.2, -0.15) is 0 Å². The van der Waals surface area contributed by atoms with Crippen LogP contribution in [-0.4, -0.2) is 65.8 Å². The summed E-state index contributed by atoms with van der Waals surface area (Å²) in [5.41, 5.74) is 7.13. The Balaban J connectivity index is 1.37. The third-order valence-corrected chi connectivity index (χ3v) is 16.6. The molecule has 0 radical (unpaired) electrons. The van der Waals surface area contributed by atoms with Crippen LogP contribution in [0.4, 0.5) is 5.82 Å². The molecular formula is C40H47ClN4O7Si. The molecular weight excluding hydrogens is 712 g/mol. The number of pyridine rings is 1. The van der Waals surface area contributed by atoms with Crippen LogP contribution in [0, 0.1) is 17.8 Å². The van der Waals surface area contributed by atoms with E-state index in [9.17, 15) is 5.11 Å². The Morgan fingerprint density at radius 2 is 1.60 bits per heavy atom. The fourth-order valence-corrected chi connectivity index (χ4v) is 10.0. The number of aromatic nitrogens is 2. The Morgan fingerprint density at radius 1 is 1.00 bits per heavy atom. The first-order valence-corrected chi connectivity index (χ1v) is 21.3. The van der Waals surface area contributed by atoms with Crippen LogP contribution >= 0.6 is 11.6 Å². The molecule has 2 aromatic carbocycles. The van der Waals surface area contributed by atoms with Gasteiger partial charge in [0.25, 0.3) is 5.88 Å². The van der Waals surface area contributed by atoms with Crippen LogP contribution in [0.2, 0.25) is 23.3 Å². The zero-order valence-corrected chi connectivity index (χ0v) is 32.9.